The molecule has 0 bridgehead atoms. The first-order chi connectivity index (χ1) is 8.61. The Morgan fingerprint density at radius 2 is 2.06 bits per heavy atom. The van der Waals surface area contributed by atoms with Crippen LogP contribution in [0.3, 0.4) is 0 Å². The van der Waals surface area contributed by atoms with Crippen molar-refractivity contribution in [2.75, 3.05) is 6.61 Å². The average molecular weight is 249 g/mol. The Morgan fingerprint density at radius 3 is 2.67 bits per heavy atom. The minimum absolute atomic E-state index is 0.0501. The van der Waals surface area contributed by atoms with Gasteiger partial charge in [0.25, 0.3) is 0 Å². The Balaban J connectivity index is 2.41. The van der Waals surface area contributed by atoms with Gasteiger partial charge in [-0.15, -0.1) is 0 Å². The van der Waals surface area contributed by atoms with Crippen LogP contribution in [0.15, 0.2) is 30.3 Å². The molecule has 98 valence electrons. The highest BCUT2D eigenvalue weighted by atomic mass is 16.3. The number of aliphatic hydroxyl groups is 1. The number of carbonyl (C=O) groups is 1. The van der Waals surface area contributed by atoms with Crippen molar-refractivity contribution < 1.29 is 15.0 Å². The first-order valence-electron chi connectivity index (χ1n) is 6.00. The summed E-state index contributed by atoms with van der Waals surface area (Å²) in [7, 11) is 0. The number of amides is 1. The van der Waals surface area contributed by atoms with Gasteiger partial charge in [0.05, 0.1) is 0 Å². The van der Waals surface area contributed by atoms with Crippen LogP contribution in [0.25, 0.3) is 6.08 Å². The van der Waals surface area contributed by atoms with Crippen LogP contribution in [0.4, 0.5) is 0 Å². The summed E-state index contributed by atoms with van der Waals surface area (Å²) in [5.41, 5.74) is 0.853. The third kappa shape index (κ3) is 5.50. The zero-order valence-corrected chi connectivity index (χ0v) is 10.5. The predicted molar refractivity (Wildman–Crippen MR) is 71.1 cm³/mol. The van der Waals surface area contributed by atoms with E-state index in [1.165, 1.54) is 6.08 Å². The fourth-order valence-electron chi connectivity index (χ4n) is 1.52. The van der Waals surface area contributed by atoms with E-state index in [2.05, 4.69) is 5.32 Å². The van der Waals surface area contributed by atoms with E-state index < -0.39 is 0 Å². The molecule has 0 aliphatic carbocycles. The lowest BCUT2D eigenvalue weighted by molar-refractivity contribution is -0.117. The number of carbonyl (C=O) groups excluding carboxylic acids is 1. The van der Waals surface area contributed by atoms with Gasteiger partial charge in [-0.05, 0) is 43.5 Å². The highest BCUT2D eigenvalue weighted by Gasteiger charge is 2.03. The van der Waals surface area contributed by atoms with Crippen LogP contribution in [0, 0.1) is 0 Å². The van der Waals surface area contributed by atoms with Crippen LogP contribution >= 0.6 is 0 Å². The van der Waals surface area contributed by atoms with Crippen LogP contribution < -0.4 is 5.32 Å². The molecular formula is C14H19NO3. The second-order valence-electron chi connectivity index (χ2n) is 4.20. The number of hydrogen-bond donors (Lipinski definition) is 3. The van der Waals surface area contributed by atoms with Gasteiger partial charge in [-0.1, -0.05) is 12.1 Å². The van der Waals surface area contributed by atoms with Crippen molar-refractivity contribution >= 4 is 12.0 Å². The normalized spacial score (nSPS) is 12.6. The molecule has 18 heavy (non-hydrogen) atoms. The summed E-state index contributed by atoms with van der Waals surface area (Å²) in [5.74, 6) is 0.0442. The van der Waals surface area contributed by atoms with Gasteiger partial charge in [0.15, 0.2) is 0 Å². The van der Waals surface area contributed by atoms with Crippen molar-refractivity contribution in [3.8, 4) is 5.75 Å². The summed E-state index contributed by atoms with van der Waals surface area (Å²) in [6, 6.07) is 6.65. The van der Waals surface area contributed by atoms with Crippen LogP contribution in [-0.2, 0) is 4.79 Å². The lowest BCUT2D eigenvalue weighted by Gasteiger charge is -2.10. The highest BCUT2D eigenvalue weighted by Crippen LogP contribution is 2.10. The van der Waals surface area contributed by atoms with E-state index in [1.807, 2.05) is 6.92 Å². The van der Waals surface area contributed by atoms with Gasteiger partial charge in [-0.2, -0.15) is 0 Å². The first-order valence-corrected chi connectivity index (χ1v) is 6.00. The summed E-state index contributed by atoms with van der Waals surface area (Å²) in [5, 5.41) is 20.6. The molecule has 0 aliphatic rings. The van der Waals surface area contributed by atoms with Crippen LogP contribution in [0.2, 0.25) is 0 Å². The number of phenolic OH excluding ortho intramolecular Hbond substituents is 1. The van der Waals surface area contributed by atoms with Crippen molar-refractivity contribution in [3.63, 3.8) is 0 Å². The Bertz CT molecular complexity index is 398. The molecule has 0 saturated heterocycles. The van der Waals surface area contributed by atoms with E-state index >= 15 is 0 Å². The third-order valence-corrected chi connectivity index (χ3v) is 2.50. The number of phenols is 1. The van der Waals surface area contributed by atoms with Gasteiger partial charge in [0.2, 0.25) is 5.91 Å². The standard InChI is InChI=1S/C14H19NO3/c1-11(3-2-10-16)15-14(18)9-6-12-4-7-13(17)8-5-12/h4-9,11,16-17H,2-3,10H2,1H3,(H,15,18). The molecule has 0 fully saturated rings. The Hall–Kier alpha value is -1.81. The maximum atomic E-state index is 11.5. The maximum absolute atomic E-state index is 11.5. The van der Waals surface area contributed by atoms with Gasteiger partial charge < -0.3 is 15.5 Å². The van der Waals surface area contributed by atoms with Crippen molar-refractivity contribution in [1.29, 1.82) is 0 Å². The summed E-state index contributed by atoms with van der Waals surface area (Å²) in [4.78, 5) is 11.5. The van der Waals surface area contributed by atoms with Crippen LogP contribution in [-0.4, -0.2) is 28.8 Å². The fourth-order valence-corrected chi connectivity index (χ4v) is 1.52. The lowest BCUT2D eigenvalue weighted by atomic mass is 10.2. The van der Waals surface area contributed by atoms with Crippen molar-refractivity contribution in [2.45, 2.75) is 25.8 Å². The minimum Gasteiger partial charge on any atom is -0.508 e. The molecule has 0 radical (unpaired) electrons. The molecule has 1 amide bonds. The molecule has 4 heteroatoms. The molecule has 3 N–H and O–H groups in total. The number of rotatable bonds is 6. The molecule has 0 aromatic heterocycles. The Kier molecular flexibility index (Phi) is 5.94. The van der Waals surface area contributed by atoms with Gasteiger partial charge in [-0.25, -0.2) is 0 Å². The number of nitrogens with one attached hydrogen (secondary N) is 1. The first kappa shape index (κ1) is 14.3. The molecular weight excluding hydrogens is 230 g/mol. The second-order valence-corrected chi connectivity index (χ2v) is 4.20. The summed E-state index contributed by atoms with van der Waals surface area (Å²) < 4.78 is 0. The minimum atomic E-state index is -0.159. The Labute approximate surface area is 107 Å². The lowest BCUT2D eigenvalue weighted by Crippen LogP contribution is -2.31. The molecule has 1 atom stereocenters. The number of hydrogen-bond acceptors (Lipinski definition) is 3. The number of benzene rings is 1. The molecule has 1 rings (SSSR count). The van der Waals surface area contributed by atoms with E-state index in [9.17, 15) is 4.79 Å². The predicted octanol–water partition coefficient (Wildman–Crippen LogP) is 1.68. The highest BCUT2D eigenvalue weighted by molar-refractivity contribution is 5.91. The molecule has 1 aromatic rings. The molecule has 0 heterocycles. The largest absolute Gasteiger partial charge is 0.508 e. The van der Waals surface area contributed by atoms with Crippen LogP contribution in [0.5, 0.6) is 5.75 Å². The monoisotopic (exact) mass is 249 g/mol. The number of aromatic hydroxyl groups is 1. The van der Waals surface area contributed by atoms with Gasteiger partial charge >= 0.3 is 0 Å². The third-order valence-electron chi connectivity index (χ3n) is 2.50. The summed E-state index contributed by atoms with van der Waals surface area (Å²) >= 11 is 0. The van der Waals surface area contributed by atoms with Crippen LogP contribution in [0.1, 0.15) is 25.3 Å². The van der Waals surface area contributed by atoms with E-state index in [0.717, 1.165) is 12.0 Å². The van der Waals surface area contributed by atoms with E-state index in [4.69, 9.17) is 10.2 Å². The SMILES string of the molecule is CC(CCCO)NC(=O)C=Cc1ccc(O)cc1. The number of aliphatic hydroxyl groups excluding tert-OH is 1. The van der Waals surface area contributed by atoms with Crippen molar-refractivity contribution in [3.05, 3.63) is 35.9 Å². The smallest absolute Gasteiger partial charge is 0.244 e. The topological polar surface area (TPSA) is 69.6 Å². The Morgan fingerprint density at radius 1 is 1.39 bits per heavy atom. The fraction of sp³-hybridized carbons (Fsp3) is 0.357. The van der Waals surface area contributed by atoms with Crippen molar-refractivity contribution in [1.82, 2.24) is 5.32 Å². The van der Waals surface area contributed by atoms with E-state index in [1.54, 1.807) is 30.3 Å². The zero-order chi connectivity index (χ0) is 13.4. The quantitative estimate of drug-likeness (QED) is 0.672. The van der Waals surface area contributed by atoms with E-state index in [0.29, 0.717) is 6.42 Å². The molecule has 0 aliphatic heterocycles. The summed E-state index contributed by atoms with van der Waals surface area (Å²) in [6.07, 6.45) is 4.59. The zero-order valence-electron chi connectivity index (χ0n) is 10.5. The van der Waals surface area contributed by atoms with Gasteiger partial charge in [0.1, 0.15) is 5.75 Å². The maximum Gasteiger partial charge on any atom is 0.244 e. The molecule has 0 saturated carbocycles. The second kappa shape index (κ2) is 7.50. The molecule has 1 aromatic carbocycles. The molecule has 1 unspecified atom stereocenters. The van der Waals surface area contributed by atoms with Gasteiger partial charge in [0, 0.05) is 18.7 Å². The van der Waals surface area contributed by atoms with Gasteiger partial charge in [-0.3, -0.25) is 4.79 Å². The van der Waals surface area contributed by atoms with Crippen molar-refractivity contribution in [2.24, 2.45) is 0 Å². The van der Waals surface area contributed by atoms with E-state index in [-0.39, 0.29) is 24.3 Å². The summed E-state index contributed by atoms with van der Waals surface area (Å²) in [6.45, 7) is 2.05. The molecule has 4 nitrogen and oxygen atoms in total. The molecule has 0 spiro atoms. The average Bonchev–Trinajstić information content (AvgIpc) is 2.35.